The molecule has 3 heterocycles. The Hall–Kier alpha value is -3.21. The number of nitrogens with zero attached hydrogens (tertiary/aromatic N) is 1. The summed E-state index contributed by atoms with van der Waals surface area (Å²) in [6.45, 7) is 0.611. The minimum atomic E-state index is -1.05. The fourth-order valence-corrected chi connectivity index (χ4v) is 7.83. The number of amides is 2. The van der Waals surface area contributed by atoms with Gasteiger partial charge < -0.3 is 19.5 Å². The number of hydrogen-bond donors (Lipinski definition) is 2. The van der Waals surface area contributed by atoms with Gasteiger partial charge in [-0.25, -0.2) is 0 Å². The first-order chi connectivity index (χ1) is 20.8. The maximum atomic E-state index is 13.8. The highest BCUT2D eigenvalue weighted by molar-refractivity contribution is 7.09. The number of allylic oxidation sites excluding steroid dienone is 1. The van der Waals surface area contributed by atoms with E-state index in [1.807, 2.05) is 53.9 Å². The Morgan fingerprint density at radius 3 is 2.67 bits per heavy atom. The van der Waals surface area contributed by atoms with Gasteiger partial charge in [-0.2, -0.15) is 0 Å². The van der Waals surface area contributed by atoms with Crippen molar-refractivity contribution in [3.05, 3.63) is 98.2 Å². The van der Waals surface area contributed by atoms with Gasteiger partial charge in [-0.05, 0) is 95.1 Å². The number of benzene rings is 2. The summed E-state index contributed by atoms with van der Waals surface area (Å²) in [5.74, 6) is -1.51. The second-order valence-corrected chi connectivity index (χ2v) is 12.8. The van der Waals surface area contributed by atoms with Crippen LogP contribution in [-0.4, -0.2) is 53.8 Å². The van der Waals surface area contributed by atoms with Crippen molar-refractivity contribution in [2.75, 3.05) is 13.7 Å². The number of aromatic hydroxyl groups is 1. The Morgan fingerprint density at radius 2 is 1.95 bits per heavy atom. The number of thiophene rings is 1. The zero-order valence-corrected chi connectivity index (χ0v) is 25.4. The third kappa shape index (κ3) is 6.10. The molecular formula is C33H33BClNO6S. The number of ether oxygens (including phenoxy) is 1. The number of hydrogen-bond acceptors (Lipinski definition) is 7. The van der Waals surface area contributed by atoms with E-state index < -0.39 is 25.1 Å². The molecule has 0 spiro atoms. The maximum Gasteiger partial charge on any atom is 0.455 e. The Morgan fingerprint density at radius 1 is 1.14 bits per heavy atom. The molecule has 0 unspecified atom stereocenters. The van der Waals surface area contributed by atoms with Crippen molar-refractivity contribution in [1.29, 1.82) is 0 Å². The molecule has 7 nitrogen and oxygen atoms in total. The van der Waals surface area contributed by atoms with E-state index in [1.165, 1.54) is 22.3 Å². The normalized spacial score (nSPS) is 24.0. The molecule has 3 aromatic rings. The molecular weight excluding hydrogens is 585 g/mol. The number of phenolic OH excluding ortho intramolecular Hbond substituents is 1. The van der Waals surface area contributed by atoms with Gasteiger partial charge in [0.15, 0.2) is 0 Å². The van der Waals surface area contributed by atoms with Crippen molar-refractivity contribution >= 4 is 53.5 Å². The van der Waals surface area contributed by atoms with Gasteiger partial charge in [0.1, 0.15) is 5.75 Å². The molecule has 4 atom stereocenters. The van der Waals surface area contributed by atoms with Crippen LogP contribution in [-0.2, 0) is 25.5 Å². The van der Waals surface area contributed by atoms with E-state index in [0.717, 1.165) is 32.7 Å². The molecule has 222 valence electrons. The summed E-state index contributed by atoms with van der Waals surface area (Å²) >= 11 is 7.99. The molecule has 2 N–H and O–H groups in total. The smallest absolute Gasteiger partial charge is 0.455 e. The molecule has 10 heteroatoms. The fourth-order valence-electron chi connectivity index (χ4n) is 6.91. The number of fused-ring (bicyclic) bond motifs is 3. The molecule has 2 amide bonds. The van der Waals surface area contributed by atoms with E-state index >= 15 is 0 Å². The summed E-state index contributed by atoms with van der Waals surface area (Å²) in [7, 11) is 0.580. The van der Waals surface area contributed by atoms with Crippen molar-refractivity contribution in [2.24, 2.45) is 17.8 Å². The molecule has 2 saturated heterocycles. The lowest BCUT2D eigenvalue weighted by Crippen LogP contribution is -2.46. The van der Waals surface area contributed by atoms with Gasteiger partial charge in [0.05, 0.1) is 36.1 Å². The first-order valence-corrected chi connectivity index (χ1v) is 15.8. The second-order valence-electron chi connectivity index (χ2n) is 11.4. The topological polar surface area (TPSA) is 96.3 Å². The zero-order chi connectivity index (χ0) is 30.1. The van der Waals surface area contributed by atoms with Crippen molar-refractivity contribution in [1.82, 2.24) is 4.90 Å². The first-order valence-electron chi connectivity index (χ1n) is 14.5. The lowest BCUT2D eigenvalue weighted by atomic mass is 9.58. The number of halogens is 1. The van der Waals surface area contributed by atoms with Crippen LogP contribution in [0.3, 0.4) is 0 Å². The molecule has 1 aliphatic carbocycles. The van der Waals surface area contributed by atoms with Crippen LogP contribution in [0.15, 0.2) is 77.2 Å². The van der Waals surface area contributed by atoms with Crippen molar-refractivity contribution < 1.29 is 29.1 Å². The molecule has 0 radical (unpaired) electrons. The van der Waals surface area contributed by atoms with Gasteiger partial charge in [0.2, 0.25) is 11.8 Å². The molecule has 43 heavy (non-hydrogen) atoms. The van der Waals surface area contributed by atoms with Crippen molar-refractivity contribution in [3.63, 3.8) is 0 Å². The zero-order valence-electron chi connectivity index (χ0n) is 23.8. The largest absolute Gasteiger partial charge is 0.508 e. The summed E-state index contributed by atoms with van der Waals surface area (Å²) in [6, 6.07) is 18.7. The minimum Gasteiger partial charge on any atom is -0.508 e. The van der Waals surface area contributed by atoms with Crippen LogP contribution in [0.1, 0.15) is 35.3 Å². The molecule has 6 rings (SSSR count). The van der Waals surface area contributed by atoms with E-state index in [0.29, 0.717) is 30.9 Å². The van der Waals surface area contributed by atoms with Gasteiger partial charge >= 0.3 is 7.12 Å². The Labute approximate surface area is 260 Å². The van der Waals surface area contributed by atoms with Gasteiger partial charge in [0, 0.05) is 12.0 Å². The predicted octanol–water partition coefficient (Wildman–Crippen LogP) is 6.07. The number of imide groups is 1. The van der Waals surface area contributed by atoms with Crippen LogP contribution in [0.25, 0.3) is 11.6 Å². The molecule has 1 aromatic heterocycles. The van der Waals surface area contributed by atoms with Crippen LogP contribution in [0.5, 0.6) is 5.75 Å². The highest BCUT2D eigenvalue weighted by Crippen LogP contribution is 2.51. The average Bonchev–Trinajstić information content (AvgIpc) is 3.59. The minimum absolute atomic E-state index is 0.0983. The van der Waals surface area contributed by atoms with Gasteiger partial charge in [-0.3, -0.25) is 14.5 Å². The molecule has 0 saturated carbocycles. The third-order valence-corrected chi connectivity index (χ3v) is 9.93. The van der Waals surface area contributed by atoms with Crippen LogP contribution in [0, 0.1) is 17.8 Å². The SMILES string of the molecule is COCC1=C2[C@@H](CC/C(=C/c3ccc(O)cc3Cl)c3ccccc3)OB(O)C[C@@H]2[C@@H]2C(=O)N(Cc3cccs3)C(=O)[C@@H]2C1. The highest BCUT2D eigenvalue weighted by atomic mass is 35.5. The van der Waals surface area contributed by atoms with Gasteiger partial charge in [-0.1, -0.05) is 48.0 Å². The van der Waals surface area contributed by atoms with Gasteiger partial charge in [0.25, 0.3) is 0 Å². The average molecular weight is 618 g/mol. The fraction of sp³-hybridized carbons (Fsp3) is 0.333. The predicted molar refractivity (Wildman–Crippen MR) is 168 cm³/mol. The summed E-state index contributed by atoms with van der Waals surface area (Å²) in [5.41, 5.74) is 4.79. The summed E-state index contributed by atoms with van der Waals surface area (Å²) < 4.78 is 11.8. The van der Waals surface area contributed by atoms with Crippen molar-refractivity contribution in [2.45, 2.75) is 38.2 Å². The van der Waals surface area contributed by atoms with Crippen LogP contribution < -0.4 is 0 Å². The van der Waals surface area contributed by atoms with Gasteiger partial charge in [-0.15, -0.1) is 11.3 Å². The van der Waals surface area contributed by atoms with E-state index in [9.17, 15) is 19.7 Å². The third-order valence-electron chi connectivity index (χ3n) is 8.75. The van der Waals surface area contributed by atoms with Crippen molar-refractivity contribution in [3.8, 4) is 5.75 Å². The van der Waals surface area contributed by atoms with E-state index in [1.54, 1.807) is 19.2 Å². The lowest BCUT2D eigenvalue weighted by Gasteiger charge is -2.43. The van der Waals surface area contributed by atoms with Crippen LogP contribution in [0.2, 0.25) is 11.3 Å². The standard InChI is InChI=1S/C33H33BClNO6S/c1-41-19-23-15-26-31(33(39)36(32(26)38)18-25-8-5-13-43-25)27-17-34(40)42-29(30(23)27)12-10-21(20-6-3-2-4-7-20)14-22-9-11-24(37)16-28(22)35/h2-9,11,13-14,16,26-27,29,31,37,40H,10,12,15,17-19H2,1H3/b21-14-/t26-,27+,29-,31-/m1/s1. The Bertz CT molecular complexity index is 1560. The number of methoxy groups -OCH3 is 1. The monoisotopic (exact) mass is 617 g/mol. The van der Waals surface area contributed by atoms with Crippen LogP contribution >= 0.6 is 22.9 Å². The lowest BCUT2D eigenvalue weighted by molar-refractivity contribution is -0.140. The number of phenols is 1. The molecule has 2 aliphatic heterocycles. The number of rotatable bonds is 9. The van der Waals surface area contributed by atoms with E-state index in [4.69, 9.17) is 21.0 Å². The molecule has 2 aromatic carbocycles. The first kappa shape index (κ1) is 29.8. The summed E-state index contributed by atoms with van der Waals surface area (Å²) in [6.07, 6.45) is 3.41. The number of likely N-dealkylation sites (tertiary alicyclic amines) is 1. The van der Waals surface area contributed by atoms with Crippen LogP contribution in [0.4, 0.5) is 0 Å². The number of carbonyl (C=O) groups excluding carboxylic acids is 2. The molecule has 2 fully saturated rings. The molecule has 0 bridgehead atoms. The highest BCUT2D eigenvalue weighted by Gasteiger charge is 2.57. The number of carbonyl (C=O) groups is 2. The second kappa shape index (κ2) is 12.8. The Balaban J connectivity index is 1.31. The maximum absolute atomic E-state index is 13.8. The Kier molecular flexibility index (Phi) is 8.89. The van der Waals surface area contributed by atoms with E-state index in [-0.39, 0.29) is 36.3 Å². The summed E-state index contributed by atoms with van der Waals surface area (Å²) in [4.78, 5) is 29.8. The quantitative estimate of drug-likeness (QED) is 0.131. The van der Waals surface area contributed by atoms with E-state index in [2.05, 4.69) is 0 Å². The summed E-state index contributed by atoms with van der Waals surface area (Å²) in [5, 5.41) is 23.1. The molecule has 3 aliphatic rings.